The Balaban J connectivity index is 2.33. The van der Waals surface area contributed by atoms with Gasteiger partial charge in [-0.3, -0.25) is 0 Å². The Bertz CT molecular complexity index is 434. The molecule has 4 heteroatoms. The van der Waals surface area contributed by atoms with Crippen LogP contribution in [0.1, 0.15) is 30.2 Å². The molecule has 0 bridgehead atoms. The maximum absolute atomic E-state index is 9.78. The van der Waals surface area contributed by atoms with E-state index in [9.17, 15) is 10.2 Å². The van der Waals surface area contributed by atoms with Gasteiger partial charge in [0.15, 0.2) is 0 Å². The van der Waals surface area contributed by atoms with E-state index in [4.69, 9.17) is 0 Å². The molecule has 4 nitrogen and oxygen atoms in total. The predicted molar refractivity (Wildman–Crippen MR) is 71.6 cm³/mol. The second kappa shape index (κ2) is 5.24. The van der Waals surface area contributed by atoms with Crippen LogP contribution in [0, 0.1) is 19.8 Å². The minimum absolute atomic E-state index is 0.0158. The van der Waals surface area contributed by atoms with Crippen molar-refractivity contribution >= 4 is 5.82 Å². The van der Waals surface area contributed by atoms with E-state index < -0.39 is 0 Å². The summed E-state index contributed by atoms with van der Waals surface area (Å²) in [5, 5.41) is 19.3. The highest BCUT2D eigenvalue weighted by Gasteiger charge is 2.26. The molecular weight excluding hydrogens is 228 g/mol. The van der Waals surface area contributed by atoms with Crippen molar-refractivity contribution < 1.29 is 10.2 Å². The van der Waals surface area contributed by atoms with Gasteiger partial charge in [0.25, 0.3) is 0 Å². The molecule has 1 fully saturated rings. The molecular formula is C14H22N2O2. The topological polar surface area (TPSA) is 56.6 Å². The zero-order valence-corrected chi connectivity index (χ0v) is 11.3. The number of aliphatic hydroxyl groups is 2. The number of aromatic nitrogens is 1. The third-order valence-electron chi connectivity index (χ3n) is 3.77. The third kappa shape index (κ3) is 2.49. The van der Waals surface area contributed by atoms with Gasteiger partial charge in [0, 0.05) is 24.3 Å². The Labute approximate surface area is 108 Å². The van der Waals surface area contributed by atoms with Gasteiger partial charge in [-0.2, -0.15) is 0 Å². The van der Waals surface area contributed by atoms with Gasteiger partial charge in [0.2, 0.25) is 0 Å². The van der Waals surface area contributed by atoms with E-state index in [1.54, 1.807) is 0 Å². The molecule has 2 heterocycles. The van der Waals surface area contributed by atoms with Gasteiger partial charge in [0.05, 0.1) is 12.7 Å². The van der Waals surface area contributed by atoms with Gasteiger partial charge in [-0.15, -0.1) is 0 Å². The van der Waals surface area contributed by atoms with Crippen LogP contribution in [-0.4, -0.2) is 34.4 Å². The largest absolute Gasteiger partial charge is 0.393 e. The summed E-state index contributed by atoms with van der Waals surface area (Å²) in [4.78, 5) is 6.76. The first kappa shape index (κ1) is 13.3. The number of hydrogen-bond donors (Lipinski definition) is 2. The van der Waals surface area contributed by atoms with Crippen molar-refractivity contribution in [3.8, 4) is 0 Å². The number of aliphatic hydroxyl groups excluding tert-OH is 2. The van der Waals surface area contributed by atoms with E-state index in [2.05, 4.69) is 16.8 Å². The summed E-state index contributed by atoms with van der Waals surface area (Å²) in [5.41, 5.74) is 2.96. The summed E-state index contributed by atoms with van der Waals surface area (Å²) in [7, 11) is 0. The summed E-state index contributed by atoms with van der Waals surface area (Å²) in [6.07, 6.45) is 0.547. The van der Waals surface area contributed by atoms with Gasteiger partial charge in [0.1, 0.15) is 5.82 Å². The van der Waals surface area contributed by atoms with E-state index in [1.807, 2.05) is 19.9 Å². The SMILES string of the molecule is Cc1cc(C)c(CO)c(N2CCC(O)C(C)C2)n1. The lowest BCUT2D eigenvalue weighted by Gasteiger charge is -2.36. The summed E-state index contributed by atoms with van der Waals surface area (Å²) in [6.45, 7) is 7.64. The van der Waals surface area contributed by atoms with Crippen LogP contribution >= 0.6 is 0 Å². The van der Waals surface area contributed by atoms with E-state index >= 15 is 0 Å². The van der Waals surface area contributed by atoms with E-state index in [0.29, 0.717) is 0 Å². The van der Waals surface area contributed by atoms with Gasteiger partial charge in [-0.05, 0) is 37.8 Å². The fraction of sp³-hybridized carbons (Fsp3) is 0.643. The first-order valence-corrected chi connectivity index (χ1v) is 6.54. The Morgan fingerprint density at radius 2 is 2.17 bits per heavy atom. The van der Waals surface area contributed by atoms with Crippen LogP contribution < -0.4 is 4.90 Å². The molecule has 1 aromatic heterocycles. The van der Waals surface area contributed by atoms with Crippen LogP contribution in [0.25, 0.3) is 0 Å². The zero-order valence-electron chi connectivity index (χ0n) is 11.3. The third-order valence-corrected chi connectivity index (χ3v) is 3.77. The molecule has 18 heavy (non-hydrogen) atoms. The average Bonchev–Trinajstić information content (AvgIpc) is 2.32. The second-order valence-corrected chi connectivity index (χ2v) is 5.32. The second-order valence-electron chi connectivity index (χ2n) is 5.32. The van der Waals surface area contributed by atoms with Crippen molar-refractivity contribution in [3.05, 3.63) is 22.9 Å². The van der Waals surface area contributed by atoms with Crippen molar-refractivity contribution in [2.45, 2.75) is 39.9 Å². The maximum Gasteiger partial charge on any atom is 0.134 e. The standard InChI is InChI=1S/C14H22N2O2/c1-9-6-11(3)15-14(12(9)8-17)16-5-4-13(18)10(2)7-16/h6,10,13,17-18H,4-5,7-8H2,1-3H3. The Kier molecular flexibility index (Phi) is 3.88. The number of nitrogens with zero attached hydrogens (tertiary/aromatic N) is 2. The molecule has 0 saturated carbocycles. The molecule has 2 unspecified atom stereocenters. The van der Waals surface area contributed by atoms with Gasteiger partial charge < -0.3 is 15.1 Å². The first-order valence-electron chi connectivity index (χ1n) is 6.54. The van der Waals surface area contributed by atoms with Crippen molar-refractivity contribution in [1.82, 2.24) is 4.98 Å². The van der Waals surface area contributed by atoms with Crippen LogP contribution in [-0.2, 0) is 6.61 Å². The first-order chi connectivity index (χ1) is 8.52. The predicted octanol–water partition coefficient (Wildman–Crippen LogP) is 1.40. The Morgan fingerprint density at radius 3 is 2.78 bits per heavy atom. The fourth-order valence-corrected chi connectivity index (χ4v) is 2.63. The van der Waals surface area contributed by atoms with Crippen LogP contribution in [0.15, 0.2) is 6.07 Å². The molecule has 1 saturated heterocycles. The molecule has 2 rings (SSSR count). The smallest absolute Gasteiger partial charge is 0.134 e. The number of pyridine rings is 1. The number of rotatable bonds is 2. The van der Waals surface area contributed by atoms with E-state index in [-0.39, 0.29) is 18.6 Å². The van der Waals surface area contributed by atoms with Crippen LogP contribution in [0.2, 0.25) is 0 Å². The maximum atomic E-state index is 9.78. The minimum Gasteiger partial charge on any atom is -0.393 e. The summed E-state index contributed by atoms with van der Waals surface area (Å²) < 4.78 is 0. The summed E-state index contributed by atoms with van der Waals surface area (Å²) in [5.74, 6) is 1.13. The molecule has 1 aromatic rings. The Morgan fingerprint density at radius 1 is 1.44 bits per heavy atom. The monoisotopic (exact) mass is 250 g/mol. The number of hydrogen-bond acceptors (Lipinski definition) is 4. The minimum atomic E-state index is -0.218. The zero-order chi connectivity index (χ0) is 13.3. The lowest BCUT2D eigenvalue weighted by Crippen LogP contribution is -2.42. The van der Waals surface area contributed by atoms with E-state index in [1.165, 1.54) is 0 Å². The van der Waals surface area contributed by atoms with Crippen molar-refractivity contribution in [2.75, 3.05) is 18.0 Å². The van der Waals surface area contributed by atoms with Crippen LogP contribution in [0.3, 0.4) is 0 Å². The number of piperidine rings is 1. The average molecular weight is 250 g/mol. The van der Waals surface area contributed by atoms with Crippen LogP contribution in [0.5, 0.6) is 0 Å². The fourth-order valence-electron chi connectivity index (χ4n) is 2.63. The van der Waals surface area contributed by atoms with Crippen molar-refractivity contribution in [3.63, 3.8) is 0 Å². The molecule has 1 aliphatic rings. The molecule has 2 atom stereocenters. The quantitative estimate of drug-likeness (QED) is 0.833. The lowest BCUT2D eigenvalue weighted by atomic mass is 9.96. The molecule has 0 radical (unpaired) electrons. The molecule has 0 amide bonds. The molecule has 100 valence electrons. The molecule has 1 aliphatic heterocycles. The van der Waals surface area contributed by atoms with Crippen molar-refractivity contribution in [1.29, 1.82) is 0 Å². The normalized spacial score (nSPS) is 24.4. The highest BCUT2D eigenvalue weighted by molar-refractivity contribution is 5.51. The van der Waals surface area contributed by atoms with E-state index in [0.717, 1.165) is 42.1 Å². The molecule has 0 aliphatic carbocycles. The van der Waals surface area contributed by atoms with Crippen LogP contribution in [0.4, 0.5) is 5.82 Å². The molecule has 0 aromatic carbocycles. The Hall–Kier alpha value is -1.13. The lowest BCUT2D eigenvalue weighted by molar-refractivity contribution is 0.0967. The van der Waals surface area contributed by atoms with Crippen molar-refractivity contribution in [2.24, 2.45) is 5.92 Å². The molecule has 2 N–H and O–H groups in total. The van der Waals surface area contributed by atoms with Gasteiger partial charge >= 0.3 is 0 Å². The number of anilines is 1. The van der Waals surface area contributed by atoms with Gasteiger partial charge in [-0.25, -0.2) is 4.98 Å². The summed E-state index contributed by atoms with van der Waals surface area (Å²) >= 11 is 0. The van der Waals surface area contributed by atoms with Gasteiger partial charge in [-0.1, -0.05) is 6.92 Å². The number of aryl methyl sites for hydroxylation is 2. The highest BCUT2D eigenvalue weighted by atomic mass is 16.3. The summed E-state index contributed by atoms with van der Waals surface area (Å²) in [6, 6.07) is 2.00. The molecule has 0 spiro atoms. The highest BCUT2D eigenvalue weighted by Crippen LogP contribution is 2.27.